The molecule has 0 aliphatic carbocycles. The van der Waals surface area contributed by atoms with Crippen LogP contribution in [0.4, 0.5) is 17.1 Å². The van der Waals surface area contributed by atoms with Crippen molar-refractivity contribution in [2.24, 2.45) is 14.1 Å². The first kappa shape index (κ1) is 24.5. The van der Waals surface area contributed by atoms with E-state index in [1.165, 1.54) is 47.4 Å². The van der Waals surface area contributed by atoms with Gasteiger partial charge in [0.2, 0.25) is 0 Å². The molecule has 3 heterocycles. The molecule has 4 rings (SSSR count). The quantitative estimate of drug-likeness (QED) is 0.266. The lowest BCUT2D eigenvalue weighted by Gasteiger charge is -2.08. The number of nitrogens with zero attached hydrogens (tertiary/aromatic N) is 5. The largest absolute Gasteiger partial charge is 0.484 e. The van der Waals surface area contributed by atoms with Gasteiger partial charge >= 0.3 is 0 Å². The maximum Gasteiger partial charge on any atom is 0.291 e. The van der Waals surface area contributed by atoms with Crippen molar-refractivity contribution in [3.8, 4) is 5.75 Å². The number of nitro groups is 1. The predicted molar refractivity (Wildman–Crippen MR) is 128 cm³/mol. The van der Waals surface area contributed by atoms with Crippen molar-refractivity contribution in [3.05, 3.63) is 80.8 Å². The van der Waals surface area contributed by atoms with Crippen LogP contribution in [0, 0.1) is 17.0 Å². The zero-order chi connectivity index (χ0) is 26.0. The van der Waals surface area contributed by atoms with Crippen molar-refractivity contribution in [1.29, 1.82) is 0 Å². The van der Waals surface area contributed by atoms with Gasteiger partial charge in [-0.1, -0.05) is 11.6 Å². The Hall–Kier alpha value is -4.65. The molecule has 1 aromatic carbocycles. The number of aromatic nitrogens is 4. The van der Waals surface area contributed by atoms with Crippen LogP contribution in [-0.2, 0) is 20.7 Å². The molecule has 0 bridgehead atoms. The summed E-state index contributed by atoms with van der Waals surface area (Å²) in [5, 5.41) is 24.4. The summed E-state index contributed by atoms with van der Waals surface area (Å²) in [6.45, 7) is 1.73. The van der Waals surface area contributed by atoms with E-state index >= 15 is 0 Å². The molecule has 0 spiro atoms. The first-order valence-electron chi connectivity index (χ1n) is 10.4. The summed E-state index contributed by atoms with van der Waals surface area (Å²) in [5.74, 6) is -0.573. The molecule has 0 aliphatic rings. The van der Waals surface area contributed by atoms with Crippen LogP contribution < -0.4 is 15.4 Å². The van der Waals surface area contributed by atoms with E-state index in [4.69, 9.17) is 20.8 Å². The van der Waals surface area contributed by atoms with E-state index in [0.29, 0.717) is 11.4 Å². The van der Waals surface area contributed by atoms with Crippen LogP contribution in [0.15, 0.2) is 47.1 Å². The van der Waals surface area contributed by atoms with Crippen LogP contribution in [0.3, 0.4) is 0 Å². The number of benzene rings is 1. The molecule has 0 atom stereocenters. The normalized spacial score (nSPS) is 10.8. The van der Waals surface area contributed by atoms with Crippen LogP contribution in [0.5, 0.6) is 5.75 Å². The zero-order valence-corrected chi connectivity index (χ0v) is 20.1. The van der Waals surface area contributed by atoms with Crippen molar-refractivity contribution >= 4 is 40.5 Å². The number of ether oxygens (including phenoxy) is 1. The van der Waals surface area contributed by atoms with Gasteiger partial charge in [0.25, 0.3) is 17.5 Å². The van der Waals surface area contributed by atoms with Gasteiger partial charge < -0.3 is 19.8 Å². The third-order valence-electron chi connectivity index (χ3n) is 5.27. The molecule has 0 radical (unpaired) electrons. The third-order valence-corrected chi connectivity index (χ3v) is 5.56. The first-order valence-corrected chi connectivity index (χ1v) is 10.8. The summed E-state index contributed by atoms with van der Waals surface area (Å²) in [7, 11) is 3.33. The average molecular weight is 514 g/mol. The molecule has 2 N–H and O–H groups in total. The van der Waals surface area contributed by atoms with Crippen molar-refractivity contribution in [2.45, 2.75) is 13.5 Å². The standard InChI is InChI=1S/C22H20ClN7O6/c1-12-16(9-24-28(12)2)26-22(32)20-17(10-25-29(20)3)27-21(31)19-7-5-14(36-19)11-35-18-6-4-13(30(33)34)8-15(18)23/h4-10H,11H2,1-3H3,(H,26,32)(H,27,31). The van der Waals surface area contributed by atoms with E-state index in [9.17, 15) is 19.7 Å². The Morgan fingerprint density at radius 3 is 2.44 bits per heavy atom. The molecule has 14 heteroatoms. The summed E-state index contributed by atoms with van der Waals surface area (Å²) in [6.07, 6.45) is 2.88. The Morgan fingerprint density at radius 1 is 1.08 bits per heavy atom. The second kappa shape index (κ2) is 9.92. The summed E-state index contributed by atoms with van der Waals surface area (Å²) >= 11 is 6.02. The molecule has 0 unspecified atom stereocenters. The summed E-state index contributed by atoms with van der Waals surface area (Å²) in [4.78, 5) is 35.9. The summed E-state index contributed by atoms with van der Waals surface area (Å²) in [6, 6.07) is 6.80. The van der Waals surface area contributed by atoms with E-state index in [0.717, 1.165) is 5.69 Å². The van der Waals surface area contributed by atoms with E-state index in [1.807, 2.05) is 6.92 Å². The van der Waals surface area contributed by atoms with Gasteiger partial charge in [-0.05, 0) is 25.1 Å². The minimum absolute atomic E-state index is 0.0262. The number of carbonyl (C=O) groups is 2. The second-order valence-electron chi connectivity index (χ2n) is 7.63. The number of halogens is 1. The first-order chi connectivity index (χ1) is 17.1. The fraction of sp³-hybridized carbons (Fsp3) is 0.182. The number of aryl methyl sites for hydroxylation is 2. The van der Waals surface area contributed by atoms with Crippen LogP contribution in [0.25, 0.3) is 0 Å². The highest BCUT2D eigenvalue weighted by molar-refractivity contribution is 6.32. The van der Waals surface area contributed by atoms with Crippen molar-refractivity contribution in [2.75, 3.05) is 10.6 Å². The van der Waals surface area contributed by atoms with Gasteiger partial charge in [-0.3, -0.25) is 29.1 Å². The smallest absolute Gasteiger partial charge is 0.291 e. The summed E-state index contributed by atoms with van der Waals surface area (Å²) < 4.78 is 14.0. The monoisotopic (exact) mass is 513 g/mol. The zero-order valence-electron chi connectivity index (χ0n) is 19.3. The molecule has 13 nitrogen and oxygen atoms in total. The Labute approximate surface area is 208 Å². The summed E-state index contributed by atoms with van der Waals surface area (Å²) in [5.41, 5.74) is 1.45. The minimum Gasteiger partial charge on any atom is -0.484 e. The van der Waals surface area contributed by atoms with E-state index in [2.05, 4.69) is 20.8 Å². The molecule has 3 aromatic heterocycles. The molecular weight excluding hydrogens is 494 g/mol. The minimum atomic E-state index is -0.603. The molecule has 4 aromatic rings. The fourth-order valence-electron chi connectivity index (χ4n) is 3.23. The lowest BCUT2D eigenvalue weighted by molar-refractivity contribution is -0.384. The van der Waals surface area contributed by atoms with E-state index < -0.39 is 16.7 Å². The number of carbonyl (C=O) groups excluding carboxylic acids is 2. The molecule has 186 valence electrons. The van der Waals surface area contributed by atoms with Gasteiger partial charge in [-0.2, -0.15) is 10.2 Å². The predicted octanol–water partition coefficient (Wildman–Crippen LogP) is 3.70. The van der Waals surface area contributed by atoms with Gasteiger partial charge in [0.05, 0.1) is 39.4 Å². The number of nitro benzene ring substituents is 1. The Morgan fingerprint density at radius 2 is 1.78 bits per heavy atom. The Balaban J connectivity index is 1.42. The third kappa shape index (κ3) is 5.05. The Bertz CT molecular complexity index is 1470. The van der Waals surface area contributed by atoms with Gasteiger partial charge in [0, 0.05) is 26.2 Å². The number of non-ortho nitro benzene ring substituents is 1. The lowest BCUT2D eigenvalue weighted by Crippen LogP contribution is -2.20. The topological polar surface area (TPSA) is 159 Å². The maximum atomic E-state index is 12.9. The van der Waals surface area contributed by atoms with Gasteiger partial charge in [-0.15, -0.1) is 0 Å². The van der Waals surface area contributed by atoms with Crippen LogP contribution in [0.1, 0.15) is 32.5 Å². The number of anilines is 2. The molecule has 0 saturated carbocycles. The molecule has 36 heavy (non-hydrogen) atoms. The molecule has 0 aliphatic heterocycles. The van der Waals surface area contributed by atoms with E-state index in [1.54, 1.807) is 18.8 Å². The SMILES string of the molecule is Cc1c(NC(=O)c2c(NC(=O)c3ccc(COc4ccc([N+](=O)[O-])cc4Cl)o3)cnn2C)cnn1C. The Kier molecular flexibility index (Phi) is 6.74. The lowest BCUT2D eigenvalue weighted by atomic mass is 10.3. The van der Waals surface area contributed by atoms with Crippen molar-refractivity contribution in [3.63, 3.8) is 0 Å². The number of furan rings is 1. The highest BCUT2D eigenvalue weighted by atomic mass is 35.5. The number of nitrogens with one attached hydrogen (secondary N) is 2. The number of hydrogen-bond acceptors (Lipinski definition) is 8. The van der Waals surface area contributed by atoms with Gasteiger partial charge in [-0.25, -0.2) is 0 Å². The number of hydrogen-bond donors (Lipinski definition) is 2. The van der Waals surface area contributed by atoms with Crippen LogP contribution in [-0.4, -0.2) is 36.3 Å². The number of amides is 2. The van der Waals surface area contributed by atoms with Crippen molar-refractivity contribution in [1.82, 2.24) is 19.6 Å². The molecule has 0 fully saturated rings. The van der Waals surface area contributed by atoms with Gasteiger partial charge in [0.1, 0.15) is 23.8 Å². The molecule has 2 amide bonds. The van der Waals surface area contributed by atoms with Crippen LogP contribution in [0.2, 0.25) is 5.02 Å². The highest BCUT2D eigenvalue weighted by Crippen LogP contribution is 2.29. The molecular formula is C22H20ClN7O6. The highest BCUT2D eigenvalue weighted by Gasteiger charge is 2.22. The van der Waals surface area contributed by atoms with Gasteiger partial charge in [0.15, 0.2) is 5.76 Å². The fourth-order valence-corrected chi connectivity index (χ4v) is 3.46. The van der Waals surface area contributed by atoms with E-state index in [-0.39, 0.29) is 40.2 Å². The average Bonchev–Trinajstić information content (AvgIpc) is 3.54. The number of rotatable bonds is 8. The van der Waals surface area contributed by atoms with Crippen molar-refractivity contribution < 1.29 is 23.7 Å². The second-order valence-corrected chi connectivity index (χ2v) is 8.04. The maximum absolute atomic E-state index is 12.9. The van der Waals surface area contributed by atoms with Crippen LogP contribution >= 0.6 is 11.6 Å². The molecule has 0 saturated heterocycles.